The number of carbonyl (C=O) groups is 1. The SMILES string of the molecule is CC(C)Cc1cc(N2CCC3(CCCN(C(=O)C(C)(C)C)C3)C2)ncn1. The molecule has 2 saturated heterocycles. The van der Waals surface area contributed by atoms with E-state index in [4.69, 9.17) is 0 Å². The summed E-state index contributed by atoms with van der Waals surface area (Å²) in [6.45, 7) is 14.3. The number of rotatable bonds is 3. The molecule has 0 saturated carbocycles. The van der Waals surface area contributed by atoms with Crippen molar-refractivity contribution in [2.45, 2.75) is 60.3 Å². The van der Waals surface area contributed by atoms with Crippen LogP contribution >= 0.6 is 0 Å². The predicted octanol–water partition coefficient (Wildman–Crippen LogP) is 3.54. The van der Waals surface area contributed by atoms with Gasteiger partial charge in [0.15, 0.2) is 0 Å². The van der Waals surface area contributed by atoms with Crippen molar-refractivity contribution < 1.29 is 4.79 Å². The van der Waals surface area contributed by atoms with Gasteiger partial charge in [0.2, 0.25) is 5.91 Å². The average Bonchev–Trinajstić information content (AvgIpc) is 2.96. The number of anilines is 1. The van der Waals surface area contributed by atoms with Crippen molar-refractivity contribution in [3.63, 3.8) is 0 Å². The molecule has 3 rings (SSSR count). The van der Waals surface area contributed by atoms with Crippen molar-refractivity contribution in [3.8, 4) is 0 Å². The summed E-state index contributed by atoms with van der Waals surface area (Å²) in [4.78, 5) is 26.2. The van der Waals surface area contributed by atoms with Crippen LogP contribution < -0.4 is 4.90 Å². The minimum atomic E-state index is -0.296. The van der Waals surface area contributed by atoms with Crippen LogP contribution in [0.1, 0.15) is 59.6 Å². The van der Waals surface area contributed by atoms with Crippen molar-refractivity contribution in [2.24, 2.45) is 16.7 Å². The van der Waals surface area contributed by atoms with Crippen LogP contribution in [-0.4, -0.2) is 47.0 Å². The number of likely N-dealkylation sites (tertiary alicyclic amines) is 1. The van der Waals surface area contributed by atoms with Crippen molar-refractivity contribution in [1.29, 1.82) is 0 Å². The van der Waals surface area contributed by atoms with Crippen LogP contribution in [0.5, 0.6) is 0 Å². The molecule has 2 aliphatic heterocycles. The number of piperidine rings is 1. The van der Waals surface area contributed by atoms with Crippen LogP contribution in [0.25, 0.3) is 0 Å². The van der Waals surface area contributed by atoms with E-state index in [9.17, 15) is 4.79 Å². The van der Waals surface area contributed by atoms with Gasteiger partial charge in [-0.25, -0.2) is 9.97 Å². The molecule has 0 aromatic carbocycles. The first-order valence-corrected chi connectivity index (χ1v) is 10.0. The van der Waals surface area contributed by atoms with E-state index in [0.717, 1.165) is 57.0 Å². The fourth-order valence-electron chi connectivity index (χ4n) is 4.41. The van der Waals surface area contributed by atoms with Gasteiger partial charge >= 0.3 is 0 Å². The second kappa shape index (κ2) is 7.16. The number of hydrogen-bond acceptors (Lipinski definition) is 4. The van der Waals surface area contributed by atoms with Crippen LogP contribution in [0.2, 0.25) is 0 Å². The van der Waals surface area contributed by atoms with E-state index in [1.165, 1.54) is 6.42 Å². The van der Waals surface area contributed by atoms with Gasteiger partial charge in [-0.15, -0.1) is 0 Å². The van der Waals surface area contributed by atoms with Gasteiger partial charge in [0, 0.05) is 48.8 Å². The first-order valence-electron chi connectivity index (χ1n) is 10.0. The molecule has 2 fully saturated rings. The normalized spacial score (nSPS) is 23.9. The summed E-state index contributed by atoms with van der Waals surface area (Å²) in [5, 5.41) is 0. The van der Waals surface area contributed by atoms with Gasteiger partial charge in [-0.1, -0.05) is 34.6 Å². The highest BCUT2D eigenvalue weighted by Crippen LogP contribution is 2.41. The van der Waals surface area contributed by atoms with Crippen LogP contribution in [0.3, 0.4) is 0 Å². The van der Waals surface area contributed by atoms with Crippen LogP contribution in [-0.2, 0) is 11.2 Å². The fourth-order valence-corrected chi connectivity index (χ4v) is 4.41. The zero-order chi connectivity index (χ0) is 18.9. The summed E-state index contributed by atoms with van der Waals surface area (Å²) < 4.78 is 0. The first kappa shape index (κ1) is 19.1. The maximum Gasteiger partial charge on any atom is 0.227 e. The molecular weight excluding hydrogens is 324 g/mol. The first-order chi connectivity index (χ1) is 12.2. The molecule has 1 unspecified atom stereocenters. The molecule has 5 heteroatoms. The number of hydrogen-bond donors (Lipinski definition) is 0. The summed E-state index contributed by atoms with van der Waals surface area (Å²) in [5.74, 6) is 1.93. The molecule has 1 aromatic heterocycles. The lowest BCUT2D eigenvalue weighted by Gasteiger charge is -2.42. The smallest absolute Gasteiger partial charge is 0.227 e. The Bertz CT molecular complexity index is 652. The monoisotopic (exact) mass is 358 g/mol. The van der Waals surface area contributed by atoms with Gasteiger partial charge in [0.25, 0.3) is 0 Å². The van der Waals surface area contributed by atoms with E-state index in [-0.39, 0.29) is 16.7 Å². The van der Waals surface area contributed by atoms with Gasteiger partial charge in [0.05, 0.1) is 0 Å². The van der Waals surface area contributed by atoms with Gasteiger partial charge in [-0.2, -0.15) is 0 Å². The summed E-state index contributed by atoms with van der Waals surface area (Å²) in [7, 11) is 0. The third kappa shape index (κ3) is 4.18. The third-order valence-electron chi connectivity index (χ3n) is 5.68. The minimum absolute atomic E-state index is 0.225. The second-order valence-electron chi connectivity index (χ2n) is 9.72. The molecule has 0 bridgehead atoms. The van der Waals surface area contributed by atoms with Crippen molar-refractivity contribution in [1.82, 2.24) is 14.9 Å². The van der Waals surface area contributed by atoms with Crippen LogP contribution in [0, 0.1) is 16.7 Å². The van der Waals surface area contributed by atoms with E-state index >= 15 is 0 Å². The Morgan fingerprint density at radius 3 is 2.65 bits per heavy atom. The Balaban J connectivity index is 1.70. The predicted molar refractivity (Wildman–Crippen MR) is 105 cm³/mol. The summed E-state index contributed by atoms with van der Waals surface area (Å²) in [5.41, 5.74) is 1.05. The molecule has 5 nitrogen and oxygen atoms in total. The van der Waals surface area contributed by atoms with Gasteiger partial charge in [-0.3, -0.25) is 4.79 Å². The highest BCUT2D eigenvalue weighted by atomic mass is 16.2. The standard InChI is InChI=1S/C21H34N4O/c1-16(2)11-17-12-18(23-15-22-17)24-10-8-21(13-24)7-6-9-25(14-21)19(26)20(3,4)5/h12,15-16H,6-11,13-14H2,1-5H3. The Kier molecular flexibility index (Phi) is 5.27. The molecule has 2 aliphatic rings. The number of nitrogens with zero attached hydrogens (tertiary/aromatic N) is 4. The van der Waals surface area contributed by atoms with E-state index in [2.05, 4.69) is 39.7 Å². The van der Waals surface area contributed by atoms with E-state index in [1.807, 2.05) is 20.8 Å². The van der Waals surface area contributed by atoms with Gasteiger partial charge in [-0.05, 0) is 31.6 Å². The Morgan fingerprint density at radius 1 is 1.19 bits per heavy atom. The lowest BCUT2D eigenvalue weighted by atomic mass is 9.78. The van der Waals surface area contributed by atoms with Crippen LogP contribution in [0.4, 0.5) is 5.82 Å². The lowest BCUT2D eigenvalue weighted by molar-refractivity contribution is -0.142. The quantitative estimate of drug-likeness (QED) is 0.829. The molecule has 0 radical (unpaired) electrons. The molecule has 1 aromatic rings. The maximum atomic E-state index is 12.8. The molecule has 26 heavy (non-hydrogen) atoms. The molecule has 144 valence electrons. The lowest BCUT2D eigenvalue weighted by Crippen LogP contribution is -2.50. The van der Waals surface area contributed by atoms with E-state index in [1.54, 1.807) is 6.33 Å². The molecule has 3 heterocycles. The minimum Gasteiger partial charge on any atom is -0.356 e. The number of carbonyl (C=O) groups excluding carboxylic acids is 1. The highest BCUT2D eigenvalue weighted by molar-refractivity contribution is 5.81. The van der Waals surface area contributed by atoms with Crippen LogP contribution in [0.15, 0.2) is 12.4 Å². The largest absolute Gasteiger partial charge is 0.356 e. The molecule has 1 atom stereocenters. The fraction of sp³-hybridized carbons (Fsp3) is 0.762. The zero-order valence-corrected chi connectivity index (χ0v) is 17.1. The van der Waals surface area contributed by atoms with Gasteiger partial charge < -0.3 is 9.80 Å². The summed E-state index contributed by atoms with van der Waals surface area (Å²) in [6, 6.07) is 2.15. The van der Waals surface area contributed by atoms with Crippen molar-refractivity contribution in [3.05, 3.63) is 18.1 Å². The summed E-state index contributed by atoms with van der Waals surface area (Å²) >= 11 is 0. The second-order valence-corrected chi connectivity index (χ2v) is 9.72. The number of aromatic nitrogens is 2. The zero-order valence-electron chi connectivity index (χ0n) is 17.1. The molecule has 0 N–H and O–H groups in total. The molecule has 1 amide bonds. The maximum absolute atomic E-state index is 12.8. The highest BCUT2D eigenvalue weighted by Gasteiger charge is 2.44. The van der Waals surface area contributed by atoms with E-state index in [0.29, 0.717) is 5.92 Å². The van der Waals surface area contributed by atoms with Crippen molar-refractivity contribution in [2.75, 3.05) is 31.1 Å². The topological polar surface area (TPSA) is 49.3 Å². The van der Waals surface area contributed by atoms with E-state index < -0.39 is 0 Å². The summed E-state index contributed by atoms with van der Waals surface area (Å²) in [6.07, 6.45) is 6.15. The van der Waals surface area contributed by atoms with Crippen molar-refractivity contribution >= 4 is 11.7 Å². The average molecular weight is 359 g/mol. The molecule has 1 spiro atoms. The molecular formula is C21H34N4O. The molecule has 0 aliphatic carbocycles. The van der Waals surface area contributed by atoms with Gasteiger partial charge in [0.1, 0.15) is 12.1 Å². The Morgan fingerprint density at radius 2 is 1.96 bits per heavy atom. The Labute approximate surface area is 158 Å². The third-order valence-corrected chi connectivity index (χ3v) is 5.68. The Hall–Kier alpha value is -1.65. The number of amides is 1.